The summed E-state index contributed by atoms with van der Waals surface area (Å²) in [5.41, 5.74) is 1.90. The summed E-state index contributed by atoms with van der Waals surface area (Å²) in [7, 11) is 0. The Bertz CT molecular complexity index is 1460. The Balaban J connectivity index is 1.17. The predicted octanol–water partition coefficient (Wildman–Crippen LogP) is 2.16. The Morgan fingerprint density at radius 2 is 1.97 bits per heavy atom. The molecule has 3 aromatic rings. The molecule has 1 N–H and O–H groups in total. The number of anilines is 1. The maximum absolute atomic E-state index is 13.0. The van der Waals surface area contributed by atoms with Crippen molar-refractivity contribution >= 4 is 22.6 Å². The number of carbonyl (C=O) groups is 1. The zero-order chi connectivity index (χ0) is 24.3. The SMILES string of the molecule is O=C(COc1ccc2c3c(c(=O)oc2c1)CCC3)N1CC2CC(C1)c1ccc(N([O-])O)c(=O)n1C2. The molecule has 0 radical (unpaired) electrons. The first-order chi connectivity index (χ1) is 16.9. The number of ether oxygens (including phenoxy) is 1. The Morgan fingerprint density at radius 3 is 2.80 bits per heavy atom. The third-order valence-corrected chi connectivity index (χ3v) is 7.45. The van der Waals surface area contributed by atoms with Crippen LogP contribution in [0.3, 0.4) is 0 Å². The van der Waals surface area contributed by atoms with Crippen molar-refractivity contribution in [1.82, 2.24) is 9.47 Å². The van der Waals surface area contributed by atoms with Gasteiger partial charge in [-0.2, -0.15) is 0 Å². The molecule has 2 unspecified atom stereocenters. The zero-order valence-corrected chi connectivity index (χ0v) is 18.9. The lowest BCUT2D eigenvalue weighted by Crippen LogP contribution is -2.50. The summed E-state index contributed by atoms with van der Waals surface area (Å²) in [5.74, 6) is 0.321. The normalized spacial score (nSPS) is 20.5. The molecule has 1 fully saturated rings. The van der Waals surface area contributed by atoms with E-state index in [-0.39, 0.29) is 35.7 Å². The van der Waals surface area contributed by atoms with Gasteiger partial charge in [-0.1, -0.05) is 0 Å². The van der Waals surface area contributed by atoms with Gasteiger partial charge < -0.3 is 29.1 Å². The molecule has 6 rings (SSSR count). The van der Waals surface area contributed by atoms with Gasteiger partial charge in [-0.3, -0.25) is 14.8 Å². The molecule has 1 saturated heterocycles. The smallest absolute Gasteiger partial charge is 0.339 e. The number of hydrogen-bond donors (Lipinski definition) is 1. The molecule has 35 heavy (non-hydrogen) atoms. The van der Waals surface area contributed by atoms with Crippen molar-refractivity contribution in [3.63, 3.8) is 0 Å². The monoisotopic (exact) mass is 478 g/mol. The maximum Gasteiger partial charge on any atom is 0.339 e. The van der Waals surface area contributed by atoms with E-state index >= 15 is 0 Å². The number of aryl methyl sites for hydroxylation is 1. The van der Waals surface area contributed by atoms with Crippen molar-refractivity contribution in [1.29, 1.82) is 0 Å². The summed E-state index contributed by atoms with van der Waals surface area (Å²) in [5, 5.41) is 20.9. The average Bonchev–Trinajstić information content (AvgIpc) is 3.34. The summed E-state index contributed by atoms with van der Waals surface area (Å²) in [6.45, 7) is 1.15. The molecule has 10 heteroatoms. The van der Waals surface area contributed by atoms with Gasteiger partial charge in [-0.15, -0.1) is 0 Å². The molecule has 4 heterocycles. The summed E-state index contributed by atoms with van der Waals surface area (Å²) >= 11 is 0. The maximum atomic E-state index is 13.0. The van der Waals surface area contributed by atoms with E-state index < -0.39 is 10.8 Å². The number of rotatable bonds is 4. The van der Waals surface area contributed by atoms with Crippen LogP contribution in [0.5, 0.6) is 5.75 Å². The molecule has 0 saturated carbocycles. The highest BCUT2D eigenvalue weighted by molar-refractivity contribution is 5.83. The Hall–Kier alpha value is -3.63. The highest BCUT2D eigenvalue weighted by atomic mass is 16.8. The number of fused-ring (bicyclic) bond motifs is 7. The molecule has 2 aromatic heterocycles. The van der Waals surface area contributed by atoms with E-state index in [0.29, 0.717) is 31.0 Å². The molecule has 2 aliphatic heterocycles. The minimum Gasteiger partial charge on any atom is -0.733 e. The van der Waals surface area contributed by atoms with Crippen LogP contribution in [0.4, 0.5) is 5.69 Å². The molecular formula is C25H24N3O7-. The van der Waals surface area contributed by atoms with Gasteiger partial charge in [0, 0.05) is 48.3 Å². The summed E-state index contributed by atoms with van der Waals surface area (Å²) < 4.78 is 12.8. The molecule has 2 atom stereocenters. The number of benzene rings is 1. The number of carbonyl (C=O) groups excluding carboxylic acids is 1. The third kappa shape index (κ3) is 3.69. The molecule has 2 bridgehead atoms. The first-order valence-corrected chi connectivity index (χ1v) is 11.8. The number of nitrogens with zero attached hydrogens (tertiary/aromatic N) is 3. The molecule has 0 spiro atoms. The van der Waals surface area contributed by atoms with E-state index in [4.69, 9.17) is 14.4 Å². The lowest BCUT2D eigenvalue weighted by molar-refractivity contribution is -0.136. The highest BCUT2D eigenvalue weighted by Gasteiger charge is 2.36. The van der Waals surface area contributed by atoms with E-state index in [0.717, 1.165) is 47.9 Å². The van der Waals surface area contributed by atoms with Crippen LogP contribution in [0.1, 0.15) is 35.6 Å². The number of pyridine rings is 1. The number of amides is 1. The van der Waals surface area contributed by atoms with E-state index in [2.05, 4.69) is 0 Å². The Kier molecular flexibility index (Phi) is 5.15. The van der Waals surface area contributed by atoms with Crippen LogP contribution in [0, 0.1) is 11.1 Å². The van der Waals surface area contributed by atoms with E-state index in [1.807, 2.05) is 6.07 Å². The van der Waals surface area contributed by atoms with Crippen molar-refractivity contribution in [2.75, 3.05) is 24.9 Å². The second kappa shape index (κ2) is 8.24. The number of hydrogen-bond acceptors (Lipinski definition) is 8. The van der Waals surface area contributed by atoms with Gasteiger partial charge in [-0.05, 0) is 61.4 Å². The average molecular weight is 478 g/mol. The zero-order valence-electron chi connectivity index (χ0n) is 18.9. The fourth-order valence-corrected chi connectivity index (χ4v) is 5.87. The van der Waals surface area contributed by atoms with Crippen molar-refractivity contribution < 1.29 is 19.2 Å². The predicted molar refractivity (Wildman–Crippen MR) is 126 cm³/mol. The van der Waals surface area contributed by atoms with Gasteiger partial charge in [-0.25, -0.2) is 4.79 Å². The van der Waals surface area contributed by atoms with Crippen LogP contribution in [0.25, 0.3) is 11.0 Å². The van der Waals surface area contributed by atoms with E-state index in [1.54, 1.807) is 23.1 Å². The highest BCUT2D eigenvalue weighted by Crippen LogP contribution is 2.36. The van der Waals surface area contributed by atoms with Gasteiger partial charge >= 0.3 is 5.63 Å². The molecule has 3 aliphatic rings. The Labute approximate surface area is 199 Å². The second-order valence-electron chi connectivity index (χ2n) is 9.58. The van der Waals surface area contributed by atoms with Gasteiger partial charge in [0.05, 0.1) is 0 Å². The fraction of sp³-hybridized carbons (Fsp3) is 0.400. The second-order valence-corrected chi connectivity index (χ2v) is 9.58. The molecular weight excluding hydrogens is 454 g/mol. The van der Waals surface area contributed by atoms with Gasteiger partial charge in [0.1, 0.15) is 17.0 Å². The fourth-order valence-electron chi connectivity index (χ4n) is 5.87. The van der Waals surface area contributed by atoms with Gasteiger partial charge in [0.15, 0.2) is 6.61 Å². The lowest BCUT2D eigenvalue weighted by Gasteiger charge is -2.43. The van der Waals surface area contributed by atoms with E-state index in [1.165, 1.54) is 10.6 Å². The van der Waals surface area contributed by atoms with Crippen LogP contribution in [-0.4, -0.2) is 40.3 Å². The Morgan fingerprint density at radius 1 is 1.14 bits per heavy atom. The topological polar surface area (TPSA) is 128 Å². The molecule has 1 amide bonds. The third-order valence-electron chi connectivity index (χ3n) is 7.45. The van der Waals surface area contributed by atoms with Crippen LogP contribution >= 0.6 is 0 Å². The summed E-state index contributed by atoms with van der Waals surface area (Å²) in [6, 6.07) is 8.32. The van der Waals surface area contributed by atoms with Crippen molar-refractivity contribution in [2.24, 2.45) is 5.92 Å². The number of likely N-dealkylation sites (tertiary alicyclic amines) is 1. The largest absolute Gasteiger partial charge is 0.733 e. The molecule has 182 valence electrons. The van der Waals surface area contributed by atoms with Crippen molar-refractivity contribution in [3.05, 3.63) is 73.1 Å². The van der Waals surface area contributed by atoms with Gasteiger partial charge in [0.25, 0.3) is 11.5 Å². The molecule has 10 nitrogen and oxygen atoms in total. The first kappa shape index (κ1) is 21.9. The minimum atomic E-state index is -0.522. The molecule has 1 aromatic carbocycles. The first-order valence-electron chi connectivity index (χ1n) is 11.8. The minimum absolute atomic E-state index is 0.0379. The van der Waals surface area contributed by atoms with Crippen LogP contribution in [0.2, 0.25) is 0 Å². The van der Waals surface area contributed by atoms with Crippen molar-refractivity contribution in [2.45, 2.75) is 38.1 Å². The van der Waals surface area contributed by atoms with Crippen LogP contribution in [-0.2, 0) is 24.2 Å². The summed E-state index contributed by atoms with van der Waals surface area (Å²) in [4.78, 5) is 39.5. The van der Waals surface area contributed by atoms with Gasteiger partial charge in [0.2, 0.25) is 0 Å². The number of piperidine rings is 1. The van der Waals surface area contributed by atoms with Crippen LogP contribution < -0.4 is 21.1 Å². The molecule has 1 aliphatic carbocycles. The van der Waals surface area contributed by atoms with Crippen molar-refractivity contribution in [3.8, 4) is 5.75 Å². The van der Waals surface area contributed by atoms with E-state index in [9.17, 15) is 19.6 Å². The summed E-state index contributed by atoms with van der Waals surface area (Å²) in [6.07, 6.45) is 3.40. The quantitative estimate of drug-likeness (QED) is 0.446. The number of aromatic nitrogens is 1. The standard InChI is InChI=1S/C25H24N3O7/c29-23(13-34-16-4-5-18-17-2-1-3-19(17)25(31)35-22(18)9-16)26-10-14-8-15(12-26)20-6-7-21(28(32)33)24(30)27(20)11-14/h4-7,9,14-15,32H,1-3,8,10-13H2/q-1. The lowest BCUT2D eigenvalue weighted by atomic mass is 9.83. The van der Waals surface area contributed by atoms with Crippen LogP contribution in [0.15, 0.2) is 44.3 Å².